The van der Waals surface area contributed by atoms with Gasteiger partial charge in [0.15, 0.2) is 0 Å². The quantitative estimate of drug-likeness (QED) is 0.625. The van der Waals surface area contributed by atoms with Crippen LogP contribution in [0.25, 0.3) is 0 Å². The number of aliphatic imine (C=N–C) groups is 1. The van der Waals surface area contributed by atoms with Crippen LogP contribution in [0.5, 0.6) is 5.75 Å². The van der Waals surface area contributed by atoms with Crippen molar-refractivity contribution in [3.05, 3.63) is 24.3 Å². The van der Waals surface area contributed by atoms with Gasteiger partial charge >= 0.3 is 6.03 Å². The van der Waals surface area contributed by atoms with E-state index < -0.39 is 6.03 Å². The van der Waals surface area contributed by atoms with Gasteiger partial charge in [-0.15, -0.1) is 0 Å². The van der Waals surface area contributed by atoms with Crippen LogP contribution in [0.2, 0.25) is 0 Å². The fourth-order valence-corrected chi connectivity index (χ4v) is 1.46. The molecule has 0 radical (unpaired) electrons. The van der Waals surface area contributed by atoms with E-state index in [0.717, 1.165) is 0 Å². The molecule has 3 N–H and O–H groups in total. The number of nitrogens with zero attached hydrogens (tertiary/aromatic N) is 2. The van der Waals surface area contributed by atoms with Crippen LogP contribution in [0.1, 0.15) is 0 Å². The molecule has 2 rings (SSSR count). The number of guanidine groups is 1. The second-order valence-electron chi connectivity index (χ2n) is 3.82. The lowest BCUT2D eigenvalue weighted by molar-refractivity contribution is -0.118. The molecule has 0 saturated carbocycles. The molecule has 0 spiro atoms. The molecule has 94 valence electrons. The molecule has 1 aliphatic heterocycles. The zero-order valence-corrected chi connectivity index (χ0v) is 9.67. The monoisotopic (exact) mass is 248 g/mol. The van der Waals surface area contributed by atoms with Gasteiger partial charge in [-0.3, -0.25) is 10.1 Å². The lowest BCUT2D eigenvalue weighted by atomic mass is 10.3. The van der Waals surface area contributed by atoms with Gasteiger partial charge in [0.2, 0.25) is 11.9 Å². The molecule has 7 heteroatoms. The first-order valence-electron chi connectivity index (χ1n) is 5.24. The highest BCUT2D eigenvalue weighted by atomic mass is 16.3. The summed E-state index contributed by atoms with van der Waals surface area (Å²) in [4.78, 5) is 27.9. The van der Waals surface area contributed by atoms with Crippen molar-refractivity contribution >= 4 is 23.6 Å². The summed E-state index contributed by atoms with van der Waals surface area (Å²) in [6, 6.07) is 5.40. The SMILES string of the molecule is CN1CC(=O)N/C1=N/C(=O)Nc1ccc(O)cc1. The van der Waals surface area contributed by atoms with E-state index in [1.54, 1.807) is 24.1 Å². The highest BCUT2D eigenvalue weighted by Gasteiger charge is 2.22. The van der Waals surface area contributed by atoms with E-state index in [-0.39, 0.29) is 24.2 Å². The molecular weight excluding hydrogens is 236 g/mol. The second-order valence-corrected chi connectivity index (χ2v) is 3.82. The van der Waals surface area contributed by atoms with Crippen molar-refractivity contribution in [1.29, 1.82) is 0 Å². The van der Waals surface area contributed by atoms with Crippen LogP contribution in [0.4, 0.5) is 10.5 Å². The van der Waals surface area contributed by atoms with Crippen LogP contribution >= 0.6 is 0 Å². The molecule has 1 aliphatic rings. The summed E-state index contributed by atoms with van der Waals surface area (Å²) in [5.41, 5.74) is 0.508. The number of carbonyl (C=O) groups excluding carboxylic acids is 2. The van der Waals surface area contributed by atoms with Gasteiger partial charge < -0.3 is 15.3 Å². The molecule has 3 amide bonds. The van der Waals surface area contributed by atoms with E-state index in [4.69, 9.17) is 5.11 Å². The molecule has 1 saturated heterocycles. The summed E-state index contributed by atoms with van der Waals surface area (Å²) >= 11 is 0. The first-order valence-corrected chi connectivity index (χ1v) is 5.24. The normalized spacial score (nSPS) is 16.8. The summed E-state index contributed by atoms with van der Waals surface area (Å²) in [5, 5.41) is 14.1. The average Bonchev–Trinajstić information content (AvgIpc) is 2.61. The average molecular weight is 248 g/mol. The number of phenolic OH excluding ortho intramolecular Hbond substituents is 1. The number of likely N-dealkylation sites (N-methyl/N-ethyl adjacent to an activating group) is 1. The summed E-state index contributed by atoms with van der Waals surface area (Å²) in [5.74, 6) is 0.132. The molecule has 1 aromatic carbocycles. The first kappa shape index (κ1) is 11.9. The van der Waals surface area contributed by atoms with Crippen LogP contribution in [-0.4, -0.2) is 41.5 Å². The van der Waals surface area contributed by atoms with E-state index in [9.17, 15) is 9.59 Å². The first-order chi connectivity index (χ1) is 8.54. The lowest BCUT2D eigenvalue weighted by Gasteiger charge is -2.08. The van der Waals surface area contributed by atoms with E-state index >= 15 is 0 Å². The Morgan fingerprint density at radius 3 is 2.67 bits per heavy atom. The number of urea groups is 1. The Kier molecular flexibility index (Phi) is 3.13. The van der Waals surface area contributed by atoms with Crippen molar-refractivity contribution in [1.82, 2.24) is 10.2 Å². The fraction of sp³-hybridized carbons (Fsp3) is 0.182. The molecule has 0 atom stereocenters. The second kappa shape index (κ2) is 4.74. The summed E-state index contributed by atoms with van der Waals surface area (Å²) in [6.07, 6.45) is 0. The van der Waals surface area contributed by atoms with Crippen molar-refractivity contribution in [2.75, 3.05) is 18.9 Å². The molecule has 0 unspecified atom stereocenters. The van der Waals surface area contributed by atoms with Crippen molar-refractivity contribution in [3.8, 4) is 5.75 Å². The molecule has 18 heavy (non-hydrogen) atoms. The van der Waals surface area contributed by atoms with Crippen LogP contribution in [-0.2, 0) is 4.79 Å². The topological polar surface area (TPSA) is 94.0 Å². The Hall–Kier alpha value is -2.57. The van der Waals surface area contributed by atoms with E-state index in [2.05, 4.69) is 15.6 Å². The highest BCUT2D eigenvalue weighted by Crippen LogP contribution is 2.13. The summed E-state index contributed by atoms with van der Waals surface area (Å²) in [6.45, 7) is 0.186. The summed E-state index contributed by atoms with van der Waals surface area (Å²) in [7, 11) is 1.66. The fourth-order valence-electron chi connectivity index (χ4n) is 1.46. The zero-order valence-electron chi connectivity index (χ0n) is 9.67. The predicted molar refractivity (Wildman–Crippen MR) is 65.3 cm³/mol. The van der Waals surface area contributed by atoms with Gasteiger partial charge in [0, 0.05) is 12.7 Å². The number of benzene rings is 1. The van der Waals surface area contributed by atoms with Gasteiger partial charge in [-0.1, -0.05) is 0 Å². The van der Waals surface area contributed by atoms with Crippen LogP contribution in [0, 0.1) is 0 Å². The van der Waals surface area contributed by atoms with Crippen molar-refractivity contribution in [2.45, 2.75) is 0 Å². The number of hydrogen-bond donors (Lipinski definition) is 3. The van der Waals surface area contributed by atoms with Crippen molar-refractivity contribution in [3.63, 3.8) is 0 Å². The maximum absolute atomic E-state index is 11.6. The van der Waals surface area contributed by atoms with E-state index in [1.807, 2.05) is 0 Å². The summed E-state index contributed by atoms with van der Waals surface area (Å²) < 4.78 is 0. The third-order valence-electron chi connectivity index (χ3n) is 2.32. The molecule has 7 nitrogen and oxygen atoms in total. The minimum absolute atomic E-state index is 0.113. The zero-order chi connectivity index (χ0) is 13.1. The van der Waals surface area contributed by atoms with E-state index in [0.29, 0.717) is 5.69 Å². The van der Waals surface area contributed by atoms with Gasteiger partial charge in [-0.05, 0) is 24.3 Å². The van der Waals surface area contributed by atoms with Crippen molar-refractivity contribution in [2.24, 2.45) is 4.99 Å². The maximum atomic E-state index is 11.6. The van der Waals surface area contributed by atoms with Crippen LogP contribution in [0.15, 0.2) is 29.3 Å². The Morgan fingerprint density at radius 2 is 2.11 bits per heavy atom. The van der Waals surface area contributed by atoms with Crippen molar-refractivity contribution < 1.29 is 14.7 Å². The van der Waals surface area contributed by atoms with E-state index in [1.165, 1.54) is 12.1 Å². The number of carbonyl (C=O) groups is 2. The standard InChI is InChI=1S/C11H12N4O3/c1-15-6-9(17)13-10(15)14-11(18)12-7-2-4-8(16)5-3-7/h2-5,16H,6H2,1H3,(H2,12,13,14,17,18). The molecule has 1 heterocycles. The maximum Gasteiger partial charge on any atom is 0.348 e. The Morgan fingerprint density at radius 1 is 1.44 bits per heavy atom. The van der Waals surface area contributed by atoms with Gasteiger partial charge in [-0.2, -0.15) is 4.99 Å². The number of nitrogens with one attached hydrogen (secondary N) is 2. The smallest absolute Gasteiger partial charge is 0.348 e. The number of anilines is 1. The number of rotatable bonds is 1. The number of aromatic hydroxyl groups is 1. The third-order valence-corrected chi connectivity index (χ3v) is 2.32. The molecule has 0 bridgehead atoms. The molecule has 1 aromatic rings. The largest absolute Gasteiger partial charge is 0.508 e. The minimum Gasteiger partial charge on any atom is -0.508 e. The molecule has 1 fully saturated rings. The molecular formula is C11H12N4O3. The highest BCUT2D eigenvalue weighted by molar-refractivity contribution is 6.09. The molecule has 0 aromatic heterocycles. The van der Waals surface area contributed by atoms with Gasteiger partial charge in [0.05, 0.1) is 6.54 Å². The Balaban J connectivity index is 2.02. The number of phenols is 1. The van der Waals surface area contributed by atoms with Crippen LogP contribution < -0.4 is 10.6 Å². The van der Waals surface area contributed by atoms with Gasteiger partial charge in [-0.25, -0.2) is 4.79 Å². The lowest BCUT2D eigenvalue weighted by Crippen LogP contribution is -2.29. The number of hydrogen-bond acceptors (Lipinski definition) is 3. The molecule has 0 aliphatic carbocycles. The Labute approximate surface area is 103 Å². The van der Waals surface area contributed by atoms with Gasteiger partial charge in [0.1, 0.15) is 5.75 Å². The third kappa shape index (κ3) is 2.76. The number of amides is 3. The Bertz CT molecular complexity index is 510. The van der Waals surface area contributed by atoms with Gasteiger partial charge in [0.25, 0.3) is 0 Å². The van der Waals surface area contributed by atoms with Crippen LogP contribution in [0.3, 0.4) is 0 Å². The minimum atomic E-state index is -0.593. The predicted octanol–water partition coefficient (Wildman–Crippen LogP) is 0.342.